The van der Waals surface area contributed by atoms with E-state index in [-0.39, 0.29) is 5.95 Å². The molecule has 0 aliphatic rings. The number of rotatable bonds is 6. The molecule has 0 atom stereocenters. The SMILES string of the molecule is CCCOc1nc(N)nc(SCCC)n1. The average Bonchev–Trinajstić information content (AvgIpc) is 2.23. The van der Waals surface area contributed by atoms with Crippen LogP contribution in [0.15, 0.2) is 5.16 Å². The Hall–Kier alpha value is -1.04. The highest BCUT2D eigenvalue weighted by molar-refractivity contribution is 7.99. The molecule has 0 saturated carbocycles. The summed E-state index contributed by atoms with van der Waals surface area (Å²) in [4.78, 5) is 12.1. The minimum atomic E-state index is 0.217. The van der Waals surface area contributed by atoms with Crippen molar-refractivity contribution in [1.29, 1.82) is 0 Å². The van der Waals surface area contributed by atoms with Crippen LogP contribution in [-0.2, 0) is 0 Å². The molecule has 0 aromatic carbocycles. The van der Waals surface area contributed by atoms with Gasteiger partial charge in [0.15, 0.2) is 5.16 Å². The number of nitrogen functional groups attached to an aromatic ring is 1. The van der Waals surface area contributed by atoms with Gasteiger partial charge in [0.1, 0.15) is 0 Å². The molecule has 1 aromatic rings. The van der Waals surface area contributed by atoms with Crippen LogP contribution in [0.2, 0.25) is 0 Å². The lowest BCUT2D eigenvalue weighted by molar-refractivity contribution is 0.288. The molecular weight excluding hydrogens is 212 g/mol. The summed E-state index contributed by atoms with van der Waals surface area (Å²) in [7, 11) is 0. The molecule has 0 saturated heterocycles. The van der Waals surface area contributed by atoms with Gasteiger partial charge in [0.25, 0.3) is 0 Å². The molecule has 1 rings (SSSR count). The molecular formula is C9H16N4OS. The predicted octanol–water partition coefficient (Wildman–Crippen LogP) is 1.74. The summed E-state index contributed by atoms with van der Waals surface area (Å²) in [5.41, 5.74) is 5.55. The van der Waals surface area contributed by atoms with Crippen molar-refractivity contribution in [2.24, 2.45) is 0 Å². The summed E-state index contributed by atoms with van der Waals surface area (Å²) in [5.74, 6) is 1.19. The second-order valence-electron chi connectivity index (χ2n) is 2.96. The molecule has 0 bridgehead atoms. The standard InChI is InChI=1S/C9H16N4OS/c1-3-5-14-8-11-7(10)12-9(13-8)15-6-4-2/h3-6H2,1-2H3,(H2,10,11,12,13). The highest BCUT2D eigenvalue weighted by atomic mass is 32.2. The Morgan fingerprint density at radius 1 is 1.20 bits per heavy atom. The second kappa shape index (κ2) is 6.44. The normalized spacial score (nSPS) is 10.3. The fourth-order valence-corrected chi connectivity index (χ4v) is 1.56. The summed E-state index contributed by atoms with van der Waals surface area (Å²) >= 11 is 1.56. The lowest BCUT2D eigenvalue weighted by Crippen LogP contribution is -2.05. The molecule has 0 aliphatic carbocycles. The zero-order valence-corrected chi connectivity index (χ0v) is 9.88. The van der Waals surface area contributed by atoms with Crippen LogP contribution >= 0.6 is 11.8 Å². The maximum absolute atomic E-state index is 5.55. The third-order valence-corrected chi connectivity index (χ3v) is 2.54. The van der Waals surface area contributed by atoms with Crippen LogP contribution in [0.25, 0.3) is 0 Å². The number of nitrogens with two attached hydrogens (primary N) is 1. The van der Waals surface area contributed by atoms with Gasteiger partial charge in [0.2, 0.25) is 5.95 Å². The molecule has 0 amide bonds. The number of thioether (sulfide) groups is 1. The first-order chi connectivity index (χ1) is 7.26. The van der Waals surface area contributed by atoms with Crippen molar-refractivity contribution < 1.29 is 4.74 Å². The van der Waals surface area contributed by atoms with Gasteiger partial charge in [-0.15, -0.1) is 0 Å². The number of aromatic nitrogens is 3. The van der Waals surface area contributed by atoms with Gasteiger partial charge in [-0.1, -0.05) is 25.6 Å². The first kappa shape index (κ1) is 12.0. The van der Waals surface area contributed by atoms with E-state index in [9.17, 15) is 0 Å². The number of hydrogen-bond acceptors (Lipinski definition) is 6. The third-order valence-electron chi connectivity index (χ3n) is 1.48. The van der Waals surface area contributed by atoms with Crippen molar-refractivity contribution >= 4 is 17.7 Å². The summed E-state index contributed by atoms with van der Waals surface area (Å²) in [6, 6.07) is 0.322. The topological polar surface area (TPSA) is 73.9 Å². The molecule has 1 aromatic heterocycles. The second-order valence-corrected chi connectivity index (χ2v) is 4.02. The van der Waals surface area contributed by atoms with Crippen LogP contribution in [0.4, 0.5) is 5.95 Å². The maximum Gasteiger partial charge on any atom is 0.322 e. The first-order valence-corrected chi connectivity index (χ1v) is 6.02. The van der Waals surface area contributed by atoms with Gasteiger partial charge >= 0.3 is 6.01 Å². The maximum atomic E-state index is 5.55. The summed E-state index contributed by atoms with van der Waals surface area (Å²) in [5, 5.41) is 0.635. The van der Waals surface area contributed by atoms with E-state index in [0.29, 0.717) is 17.8 Å². The quantitative estimate of drug-likeness (QED) is 0.748. The van der Waals surface area contributed by atoms with Gasteiger partial charge < -0.3 is 10.5 Å². The summed E-state index contributed by atoms with van der Waals surface area (Å²) in [6.45, 7) is 4.73. The molecule has 0 radical (unpaired) electrons. The van der Waals surface area contributed by atoms with E-state index in [1.165, 1.54) is 0 Å². The minimum Gasteiger partial charge on any atom is -0.463 e. The van der Waals surface area contributed by atoms with Crippen LogP contribution < -0.4 is 10.5 Å². The van der Waals surface area contributed by atoms with E-state index in [1.807, 2.05) is 6.92 Å². The van der Waals surface area contributed by atoms with Crippen molar-refractivity contribution in [2.45, 2.75) is 31.8 Å². The average molecular weight is 228 g/mol. The molecule has 2 N–H and O–H groups in total. The van der Waals surface area contributed by atoms with Gasteiger partial charge in [0, 0.05) is 5.75 Å². The first-order valence-electron chi connectivity index (χ1n) is 5.03. The van der Waals surface area contributed by atoms with Gasteiger partial charge in [-0.05, 0) is 12.8 Å². The van der Waals surface area contributed by atoms with Crippen LogP contribution in [0.1, 0.15) is 26.7 Å². The third kappa shape index (κ3) is 4.33. The predicted molar refractivity (Wildman–Crippen MR) is 61.0 cm³/mol. The van der Waals surface area contributed by atoms with E-state index >= 15 is 0 Å². The Morgan fingerprint density at radius 2 is 2.00 bits per heavy atom. The fraction of sp³-hybridized carbons (Fsp3) is 0.667. The Kier molecular flexibility index (Phi) is 5.17. The number of ether oxygens (including phenoxy) is 1. The summed E-state index contributed by atoms with van der Waals surface area (Å²) < 4.78 is 5.30. The molecule has 15 heavy (non-hydrogen) atoms. The van der Waals surface area contributed by atoms with Crippen molar-refractivity contribution in [1.82, 2.24) is 15.0 Å². The summed E-state index contributed by atoms with van der Waals surface area (Å²) in [6.07, 6.45) is 1.99. The van der Waals surface area contributed by atoms with Crippen molar-refractivity contribution in [3.8, 4) is 6.01 Å². The Labute approximate surface area is 93.9 Å². The zero-order valence-electron chi connectivity index (χ0n) is 9.06. The van der Waals surface area contributed by atoms with Gasteiger partial charge in [-0.3, -0.25) is 0 Å². The number of anilines is 1. The van der Waals surface area contributed by atoms with E-state index < -0.39 is 0 Å². The Morgan fingerprint density at radius 3 is 2.67 bits per heavy atom. The molecule has 6 heteroatoms. The van der Waals surface area contributed by atoms with Crippen LogP contribution in [0, 0.1) is 0 Å². The molecule has 0 fully saturated rings. The van der Waals surface area contributed by atoms with Crippen LogP contribution in [0.3, 0.4) is 0 Å². The lowest BCUT2D eigenvalue weighted by atomic mass is 10.5. The fourth-order valence-electron chi connectivity index (χ4n) is 0.869. The molecule has 1 heterocycles. The van der Waals surface area contributed by atoms with Crippen molar-refractivity contribution in [3.05, 3.63) is 0 Å². The van der Waals surface area contributed by atoms with E-state index in [2.05, 4.69) is 21.9 Å². The highest BCUT2D eigenvalue weighted by Gasteiger charge is 2.05. The monoisotopic (exact) mass is 228 g/mol. The van der Waals surface area contributed by atoms with Crippen LogP contribution in [-0.4, -0.2) is 27.3 Å². The Bertz CT molecular complexity index is 282. The largest absolute Gasteiger partial charge is 0.463 e. The number of hydrogen-bond donors (Lipinski definition) is 1. The minimum absolute atomic E-state index is 0.217. The van der Waals surface area contributed by atoms with Gasteiger partial charge in [-0.2, -0.15) is 15.0 Å². The zero-order chi connectivity index (χ0) is 11.1. The molecule has 84 valence electrons. The van der Waals surface area contributed by atoms with Gasteiger partial charge in [0.05, 0.1) is 6.61 Å². The molecule has 0 aliphatic heterocycles. The van der Waals surface area contributed by atoms with Gasteiger partial charge in [-0.25, -0.2) is 0 Å². The molecule has 0 spiro atoms. The van der Waals surface area contributed by atoms with Crippen molar-refractivity contribution in [3.63, 3.8) is 0 Å². The van der Waals surface area contributed by atoms with E-state index in [0.717, 1.165) is 18.6 Å². The lowest BCUT2D eigenvalue weighted by Gasteiger charge is -2.04. The molecule has 5 nitrogen and oxygen atoms in total. The van der Waals surface area contributed by atoms with E-state index in [4.69, 9.17) is 10.5 Å². The number of nitrogens with zero attached hydrogens (tertiary/aromatic N) is 3. The van der Waals surface area contributed by atoms with Crippen molar-refractivity contribution in [2.75, 3.05) is 18.1 Å². The highest BCUT2D eigenvalue weighted by Crippen LogP contribution is 2.16. The Balaban J connectivity index is 2.66. The smallest absolute Gasteiger partial charge is 0.322 e. The van der Waals surface area contributed by atoms with Crippen LogP contribution in [0.5, 0.6) is 6.01 Å². The molecule has 0 unspecified atom stereocenters. The van der Waals surface area contributed by atoms with E-state index in [1.54, 1.807) is 11.8 Å².